The first-order chi connectivity index (χ1) is 14.5. The predicted octanol–water partition coefficient (Wildman–Crippen LogP) is 2.91. The van der Waals surface area contributed by atoms with E-state index in [0.717, 1.165) is 16.8 Å². The van der Waals surface area contributed by atoms with Gasteiger partial charge in [0.05, 0.1) is 28.7 Å². The van der Waals surface area contributed by atoms with Gasteiger partial charge in [0.2, 0.25) is 5.91 Å². The Labute approximate surface area is 173 Å². The van der Waals surface area contributed by atoms with Crippen molar-refractivity contribution in [3.8, 4) is 11.8 Å². The van der Waals surface area contributed by atoms with Crippen LogP contribution in [0, 0.1) is 0 Å². The summed E-state index contributed by atoms with van der Waals surface area (Å²) in [5, 5.41) is 0. The first-order valence-electron chi connectivity index (χ1n) is 9.53. The number of rotatable bonds is 5. The van der Waals surface area contributed by atoms with Gasteiger partial charge in [0.15, 0.2) is 0 Å². The average Bonchev–Trinajstić information content (AvgIpc) is 3.18. The van der Waals surface area contributed by atoms with Crippen molar-refractivity contribution in [2.45, 2.75) is 24.2 Å². The van der Waals surface area contributed by atoms with E-state index >= 15 is 0 Å². The van der Waals surface area contributed by atoms with Gasteiger partial charge in [0.25, 0.3) is 10.0 Å². The minimum Gasteiger partial charge on any atom is -0.424 e. The number of hydrogen-bond donors (Lipinski definition) is 1. The summed E-state index contributed by atoms with van der Waals surface area (Å²) in [6.07, 6.45) is 4.34. The number of carbonyl (C=O) groups excluding carboxylic acids is 1. The Bertz CT molecular complexity index is 1230. The van der Waals surface area contributed by atoms with Gasteiger partial charge in [-0.25, -0.2) is 18.4 Å². The summed E-state index contributed by atoms with van der Waals surface area (Å²) < 4.78 is 33.9. The second kappa shape index (κ2) is 7.10. The smallest absolute Gasteiger partial charge is 0.322 e. The summed E-state index contributed by atoms with van der Waals surface area (Å²) in [5.41, 5.74) is 2.91. The Morgan fingerprint density at radius 1 is 0.967 bits per heavy atom. The number of aryl methyl sites for hydroxylation is 1. The maximum Gasteiger partial charge on any atom is 0.322 e. The van der Waals surface area contributed by atoms with E-state index in [1.54, 1.807) is 29.2 Å². The molecule has 0 unspecified atom stereocenters. The normalized spacial score (nSPS) is 15.1. The monoisotopic (exact) mass is 422 g/mol. The van der Waals surface area contributed by atoms with Crippen molar-refractivity contribution >= 4 is 27.3 Å². The second-order valence-corrected chi connectivity index (χ2v) is 8.84. The lowest BCUT2D eigenvalue weighted by molar-refractivity contribution is -0.118. The Balaban J connectivity index is 1.37. The van der Waals surface area contributed by atoms with Gasteiger partial charge >= 0.3 is 6.01 Å². The summed E-state index contributed by atoms with van der Waals surface area (Å²) in [7, 11) is -3.82. The van der Waals surface area contributed by atoms with Crippen LogP contribution in [0.1, 0.15) is 17.5 Å². The summed E-state index contributed by atoms with van der Waals surface area (Å²) in [5.74, 6) is 0.690. The summed E-state index contributed by atoms with van der Waals surface area (Å²) in [6, 6.07) is 12.5. The average molecular weight is 422 g/mol. The molecular weight excluding hydrogens is 404 g/mol. The van der Waals surface area contributed by atoms with E-state index in [1.165, 1.54) is 12.4 Å². The standard InChI is InChI=1S/C21H18N4O4S/c26-19-7-6-14-10-18(11-15-8-9-25(19)20(14)15)30(27,28)24-16-12-22-21(23-13-16)29-17-4-2-1-3-5-17/h1-5,10-13,24H,6-9H2. The van der Waals surface area contributed by atoms with Crippen LogP contribution in [0.2, 0.25) is 0 Å². The minimum atomic E-state index is -3.82. The van der Waals surface area contributed by atoms with Crippen molar-refractivity contribution < 1.29 is 17.9 Å². The molecule has 0 atom stereocenters. The molecular formula is C21H18N4O4S. The molecule has 1 amide bonds. The zero-order valence-electron chi connectivity index (χ0n) is 15.9. The molecule has 9 heteroatoms. The Morgan fingerprint density at radius 3 is 2.40 bits per heavy atom. The number of aromatic nitrogens is 2. The Kier molecular flexibility index (Phi) is 4.39. The lowest BCUT2D eigenvalue weighted by atomic mass is 10.00. The molecule has 0 saturated carbocycles. The molecule has 2 aliphatic rings. The maximum absolute atomic E-state index is 12.9. The van der Waals surface area contributed by atoms with Gasteiger partial charge in [0, 0.05) is 13.0 Å². The van der Waals surface area contributed by atoms with E-state index in [-0.39, 0.29) is 22.5 Å². The maximum atomic E-state index is 12.9. The van der Waals surface area contributed by atoms with Crippen LogP contribution in [0.15, 0.2) is 59.8 Å². The number of benzene rings is 2. The van der Waals surface area contributed by atoms with Crippen LogP contribution in [0.5, 0.6) is 11.8 Å². The molecule has 152 valence electrons. The van der Waals surface area contributed by atoms with E-state index in [0.29, 0.717) is 31.6 Å². The van der Waals surface area contributed by atoms with Gasteiger partial charge in [-0.1, -0.05) is 18.2 Å². The number of carbonyl (C=O) groups is 1. The van der Waals surface area contributed by atoms with Crippen molar-refractivity contribution in [3.63, 3.8) is 0 Å². The topological polar surface area (TPSA) is 101 Å². The highest BCUT2D eigenvalue weighted by Gasteiger charge is 2.33. The zero-order chi connectivity index (χ0) is 20.7. The van der Waals surface area contributed by atoms with Crippen molar-refractivity contribution in [2.75, 3.05) is 16.2 Å². The number of sulfonamides is 1. The SMILES string of the molecule is O=C1CCc2cc(S(=O)(=O)Nc3cnc(Oc4ccccc4)nc3)cc3c2N1CC3. The van der Waals surface area contributed by atoms with E-state index in [2.05, 4.69) is 14.7 Å². The lowest BCUT2D eigenvalue weighted by Gasteiger charge is -2.25. The molecule has 5 rings (SSSR count). The van der Waals surface area contributed by atoms with Crippen LogP contribution in [0.25, 0.3) is 0 Å². The molecule has 0 fully saturated rings. The number of para-hydroxylation sites is 1. The third-order valence-corrected chi connectivity index (χ3v) is 6.53. The van der Waals surface area contributed by atoms with E-state index < -0.39 is 10.0 Å². The Hall–Kier alpha value is -3.46. The number of nitrogens with zero attached hydrogens (tertiary/aromatic N) is 3. The van der Waals surface area contributed by atoms with Crippen LogP contribution in [-0.4, -0.2) is 30.8 Å². The third kappa shape index (κ3) is 3.37. The van der Waals surface area contributed by atoms with Gasteiger partial charge in [-0.05, 0) is 48.2 Å². The molecule has 1 aromatic heterocycles. The molecule has 2 aromatic carbocycles. The Morgan fingerprint density at radius 2 is 1.67 bits per heavy atom. The molecule has 1 N–H and O–H groups in total. The molecule has 0 aliphatic carbocycles. The van der Waals surface area contributed by atoms with E-state index in [9.17, 15) is 13.2 Å². The van der Waals surface area contributed by atoms with Crippen molar-refractivity contribution in [1.29, 1.82) is 0 Å². The van der Waals surface area contributed by atoms with Crippen LogP contribution < -0.4 is 14.4 Å². The van der Waals surface area contributed by atoms with Crippen LogP contribution in [-0.2, 0) is 27.7 Å². The summed E-state index contributed by atoms with van der Waals surface area (Å²) in [6.45, 7) is 0.606. The molecule has 8 nitrogen and oxygen atoms in total. The summed E-state index contributed by atoms with van der Waals surface area (Å²) >= 11 is 0. The molecule has 3 heterocycles. The number of anilines is 2. The minimum absolute atomic E-state index is 0.102. The molecule has 30 heavy (non-hydrogen) atoms. The third-order valence-electron chi connectivity index (χ3n) is 5.17. The highest BCUT2D eigenvalue weighted by molar-refractivity contribution is 7.92. The number of nitrogens with one attached hydrogen (secondary N) is 1. The van der Waals surface area contributed by atoms with Gasteiger partial charge in [-0.15, -0.1) is 0 Å². The molecule has 0 bridgehead atoms. The van der Waals surface area contributed by atoms with Gasteiger partial charge < -0.3 is 9.64 Å². The highest BCUT2D eigenvalue weighted by Crippen LogP contribution is 2.38. The van der Waals surface area contributed by atoms with Crippen molar-refractivity contribution in [3.05, 3.63) is 66.0 Å². The number of hydrogen-bond acceptors (Lipinski definition) is 6. The van der Waals surface area contributed by atoms with Crippen LogP contribution in [0.4, 0.5) is 11.4 Å². The fourth-order valence-electron chi connectivity index (χ4n) is 3.81. The lowest BCUT2D eigenvalue weighted by Crippen LogP contribution is -2.33. The highest BCUT2D eigenvalue weighted by atomic mass is 32.2. The molecule has 0 saturated heterocycles. The van der Waals surface area contributed by atoms with Gasteiger partial charge in [-0.2, -0.15) is 0 Å². The van der Waals surface area contributed by atoms with E-state index in [4.69, 9.17) is 4.74 Å². The zero-order valence-corrected chi connectivity index (χ0v) is 16.7. The van der Waals surface area contributed by atoms with E-state index in [1.807, 2.05) is 18.2 Å². The first kappa shape index (κ1) is 18.6. The fourth-order valence-corrected chi connectivity index (χ4v) is 4.94. The second-order valence-electron chi connectivity index (χ2n) is 7.16. The number of ether oxygens (including phenoxy) is 1. The predicted molar refractivity (Wildman–Crippen MR) is 110 cm³/mol. The molecule has 2 aliphatic heterocycles. The largest absolute Gasteiger partial charge is 0.424 e. The van der Waals surface area contributed by atoms with Gasteiger partial charge in [-0.3, -0.25) is 9.52 Å². The molecule has 3 aromatic rings. The van der Waals surface area contributed by atoms with Crippen LogP contribution >= 0.6 is 0 Å². The van der Waals surface area contributed by atoms with Gasteiger partial charge in [0.1, 0.15) is 5.75 Å². The molecule has 0 radical (unpaired) electrons. The summed E-state index contributed by atoms with van der Waals surface area (Å²) in [4.78, 5) is 22.1. The van der Waals surface area contributed by atoms with Crippen molar-refractivity contribution in [1.82, 2.24) is 9.97 Å². The van der Waals surface area contributed by atoms with Crippen LogP contribution in [0.3, 0.4) is 0 Å². The quantitative estimate of drug-likeness (QED) is 0.678. The number of amides is 1. The molecule has 0 spiro atoms. The first-order valence-corrected chi connectivity index (χ1v) is 11.0. The fraction of sp³-hybridized carbons (Fsp3) is 0.190. The van der Waals surface area contributed by atoms with Crippen molar-refractivity contribution in [2.24, 2.45) is 0 Å².